The summed E-state index contributed by atoms with van der Waals surface area (Å²) in [6.07, 6.45) is 1.85. The topological polar surface area (TPSA) is 91.7 Å². The summed E-state index contributed by atoms with van der Waals surface area (Å²) < 4.78 is 35.8. The first-order valence-corrected chi connectivity index (χ1v) is 12.3. The van der Waals surface area contributed by atoms with Gasteiger partial charge in [0, 0.05) is 29.8 Å². The van der Waals surface area contributed by atoms with E-state index in [1.54, 1.807) is 13.2 Å². The molecule has 0 N–H and O–H groups in total. The van der Waals surface area contributed by atoms with Gasteiger partial charge in [-0.1, -0.05) is 18.2 Å². The molecule has 33 heavy (non-hydrogen) atoms. The normalized spacial score (nSPS) is 11.3. The lowest BCUT2D eigenvalue weighted by Gasteiger charge is -2.10. The molecule has 0 aliphatic carbocycles. The molecule has 0 aliphatic rings. The van der Waals surface area contributed by atoms with Crippen LogP contribution in [0.15, 0.2) is 59.5 Å². The van der Waals surface area contributed by atoms with Crippen molar-refractivity contribution in [1.82, 2.24) is 4.57 Å². The molecule has 0 aliphatic heterocycles. The van der Waals surface area contributed by atoms with Crippen LogP contribution in [-0.4, -0.2) is 44.7 Å². The second-order valence-corrected chi connectivity index (χ2v) is 9.85. The summed E-state index contributed by atoms with van der Waals surface area (Å²) in [5.74, 6) is -0.258. The molecule has 2 aromatic carbocycles. The van der Waals surface area contributed by atoms with Gasteiger partial charge in [0.1, 0.15) is 5.75 Å². The predicted octanol–water partition coefficient (Wildman–Crippen LogP) is 3.80. The minimum atomic E-state index is -3.45. The Kier molecular flexibility index (Phi) is 7.38. The van der Waals surface area contributed by atoms with Crippen LogP contribution in [0.25, 0.3) is 0 Å². The summed E-state index contributed by atoms with van der Waals surface area (Å²) in [5.41, 5.74) is 3.48. The van der Waals surface area contributed by atoms with Crippen molar-refractivity contribution in [3.8, 4) is 5.75 Å². The first-order chi connectivity index (χ1) is 15.6. The van der Waals surface area contributed by atoms with Crippen LogP contribution in [0.1, 0.15) is 37.7 Å². The van der Waals surface area contributed by atoms with Crippen molar-refractivity contribution in [3.05, 3.63) is 82.7 Å². The van der Waals surface area contributed by atoms with Gasteiger partial charge in [-0.3, -0.25) is 4.79 Å². The Morgan fingerprint density at radius 3 is 2.33 bits per heavy atom. The molecule has 0 spiro atoms. The van der Waals surface area contributed by atoms with Crippen molar-refractivity contribution >= 4 is 21.6 Å². The Morgan fingerprint density at radius 1 is 1.00 bits per heavy atom. The molecule has 1 aromatic heterocycles. The van der Waals surface area contributed by atoms with Crippen molar-refractivity contribution in [2.75, 3.05) is 20.0 Å². The average Bonchev–Trinajstić information content (AvgIpc) is 3.09. The number of sulfone groups is 1. The number of hydrogen-bond donors (Lipinski definition) is 0. The molecule has 0 saturated heterocycles. The van der Waals surface area contributed by atoms with E-state index in [-0.39, 0.29) is 16.2 Å². The molecule has 1 heterocycles. The summed E-state index contributed by atoms with van der Waals surface area (Å²) in [4.78, 5) is 25.1. The van der Waals surface area contributed by atoms with Crippen LogP contribution in [-0.2, 0) is 27.5 Å². The van der Waals surface area contributed by atoms with Crippen LogP contribution in [0.2, 0.25) is 0 Å². The van der Waals surface area contributed by atoms with Gasteiger partial charge in [-0.05, 0) is 62.2 Å². The van der Waals surface area contributed by atoms with Crippen LogP contribution in [0.4, 0.5) is 0 Å². The average molecular weight is 470 g/mol. The van der Waals surface area contributed by atoms with E-state index in [9.17, 15) is 18.0 Å². The number of hydrogen-bond acceptors (Lipinski definition) is 6. The first-order valence-electron chi connectivity index (χ1n) is 10.4. The Hall–Kier alpha value is -3.39. The fourth-order valence-electron chi connectivity index (χ4n) is 3.61. The fraction of sp³-hybridized carbons (Fsp3) is 0.280. The number of aromatic nitrogens is 1. The third kappa shape index (κ3) is 5.90. The Labute approximate surface area is 193 Å². The van der Waals surface area contributed by atoms with Crippen molar-refractivity contribution in [3.63, 3.8) is 0 Å². The van der Waals surface area contributed by atoms with Crippen molar-refractivity contribution < 1.29 is 27.5 Å². The highest BCUT2D eigenvalue weighted by Crippen LogP contribution is 2.19. The maximum absolute atomic E-state index is 12.7. The van der Waals surface area contributed by atoms with Crippen molar-refractivity contribution in [1.29, 1.82) is 0 Å². The lowest BCUT2D eigenvalue weighted by Crippen LogP contribution is -2.15. The van der Waals surface area contributed by atoms with Gasteiger partial charge >= 0.3 is 5.97 Å². The van der Waals surface area contributed by atoms with Gasteiger partial charge < -0.3 is 14.0 Å². The largest absolute Gasteiger partial charge is 0.497 e. The van der Waals surface area contributed by atoms with Gasteiger partial charge in [-0.2, -0.15) is 0 Å². The molecule has 0 unspecified atom stereocenters. The van der Waals surface area contributed by atoms with Gasteiger partial charge in [0.2, 0.25) is 5.78 Å². The third-order valence-corrected chi connectivity index (χ3v) is 6.60. The maximum atomic E-state index is 12.7. The third-order valence-electron chi connectivity index (χ3n) is 5.49. The smallest absolute Gasteiger partial charge is 0.338 e. The number of rotatable bonds is 9. The number of ketones is 1. The second-order valence-electron chi connectivity index (χ2n) is 7.83. The Morgan fingerprint density at radius 2 is 1.70 bits per heavy atom. The van der Waals surface area contributed by atoms with Crippen LogP contribution in [0, 0.1) is 13.8 Å². The molecule has 0 radical (unpaired) electrons. The van der Waals surface area contributed by atoms with Crippen LogP contribution >= 0.6 is 0 Å². The second kappa shape index (κ2) is 10.0. The molecule has 0 bridgehead atoms. The molecule has 174 valence electrons. The van der Waals surface area contributed by atoms with E-state index in [4.69, 9.17) is 9.47 Å². The van der Waals surface area contributed by atoms with E-state index in [1.165, 1.54) is 24.3 Å². The number of methoxy groups -OCH3 is 1. The zero-order valence-electron chi connectivity index (χ0n) is 19.1. The zero-order valence-corrected chi connectivity index (χ0v) is 19.9. The molecule has 3 rings (SSSR count). The van der Waals surface area contributed by atoms with Crippen LogP contribution < -0.4 is 4.74 Å². The summed E-state index contributed by atoms with van der Waals surface area (Å²) in [6.45, 7) is 4.08. The molecule has 8 heteroatoms. The van der Waals surface area contributed by atoms with Crippen LogP contribution in [0.5, 0.6) is 5.75 Å². The molecule has 0 amide bonds. The number of esters is 1. The van der Waals surface area contributed by atoms with Crippen LogP contribution in [0.3, 0.4) is 0 Å². The Balaban J connectivity index is 1.65. The minimum absolute atomic E-state index is 0.0173. The van der Waals surface area contributed by atoms with Gasteiger partial charge in [0.15, 0.2) is 16.4 Å². The van der Waals surface area contributed by atoms with E-state index in [1.807, 2.05) is 38.1 Å². The number of carbonyl (C=O) groups excluding carboxylic acids is 2. The molecule has 0 saturated carbocycles. The monoisotopic (exact) mass is 469 g/mol. The van der Waals surface area contributed by atoms with Gasteiger partial charge in [-0.25, -0.2) is 13.2 Å². The Bertz CT molecular complexity index is 1270. The highest BCUT2D eigenvalue weighted by atomic mass is 32.2. The number of nitrogens with zero attached hydrogens (tertiary/aromatic N) is 1. The van der Waals surface area contributed by atoms with Gasteiger partial charge in [-0.15, -0.1) is 0 Å². The quantitative estimate of drug-likeness (QED) is 0.350. The van der Waals surface area contributed by atoms with Crippen molar-refractivity contribution in [2.45, 2.75) is 31.7 Å². The highest BCUT2D eigenvalue weighted by molar-refractivity contribution is 7.90. The van der Waals surface area contributed by atoms with Gasteiger partial charge in [0.25, 0.3) is 0 Å². The number of aryl methyl sites for hydroxylation is 2. The molecule has 7 nitrogen and oxygen atoms in total. The highest BCUT2D eigenvalue weighted by Gasteiger charge is 2.19. The van der Waals surface area contributed by atoms with E-state index in [2.05, 4.69) is 4.57 Å². The predicted molar refractivity (Wildman–Crippen MR) is 125 cm³/mol. The van der Waals surface area contributed by atoms with E-state index < -0.39 is 22.4 Å². The van der Waals surface area contributed by atoms with E-state index in [0.29, 0.717) is 12.1 Å². The number of benzene rings is 2. The summed E-state index contributed by atoms with van der Waals surface area (Å²) in [6, 6.07) is 15.2. The van der Waals surface area contributed by atoms with E-state index >= 15 is 0 Å². The first kappa shape index (κ1) is 24.3. The fourth-order valence-corrected chi connectivity index (χ4v) is 4.27. The van der Waals surface area contributed by atoms with Gasteiger partial charge in [0.05, 0.1) is 17.6 Å². The minimum Gasteiger partial charge on any atom is -0.497 e. The molecule has 3 aromatic rings. The lowest BCUT2D eigenvalue weighted by molar-refractivity contribution is 0.0474. The van der Waals surface area contributed by atoms with E-state index in [0.717, 1.165) is 35.4 Å². The molecule has 0 atom stereocenters. The molecular weight excluding hydrogens is 442 g/mol. The number of carbonyl (C=O) groups is 2. The summed E-state index contributed by atoms with van der Waals surface area (Å²) in [5, 5.41) is 0. The molecular formula is C25H27NO6S. The lowest BCUT2D eigenvalue weighted by atomic mass is 10.1. The summed E-state index contributed by atoms with van der Waals surface area (Å²) >= 11 is 0. The number of Topliss-reactive ketones (excluding diaryl/α,β-unsaturated/α-hetero) is 1. The maximum Gasteiger partial charge on any atom is 0.338 e. The molecule has 0 fully saturated rings. The zero-order chi connectivity index (χ0) is 24.2. The summed E-state index contributed by atoms with van der Waals surface area (Å²) in [7, 11) is -1.82. The standard InChI is InChI=1S/C25H27NO6S/c1-17-14-23(18(2)26(17)13-12-19-8-10-21(31-3)11-9-19)24(27)16-32-25(28)20-6-5-7-22(15-20)33(4,29)30/h5-11,14-15H,12-13,16H2,1-4H3. The number of ether oxygens (including phenoxy) is 2. The van der Waals surface area contributed by atoms with Crippen molar-refractivity contribution in [2.24, 2.45) is 0 Å². The SMILES string of the molecule is COc1ccc(CCn2c(C)cc(C(=O)COC(=O)c3cccc(S(C)(=O)=O)c3)c2C)cc1.